The van der Waals surface area contributed by atoms with Crippen molar-refractivity contribution < 1.29 is 14.3 Å². The van der Waals surface area contributed by atoms with Crippen molar-refractivity contribution in [2.45, 2.75) is 0 Å². The molecule has 1 rings (SSSR count). The maximum Gasteiger partial charge on any atom is 0.255 e. The van der Waals surface area contributed by atoms with Gasteiger partial charge in [0.25, 0.3) is 5.91 Å². The number of ether oxygens (including phenoxy) is 1. The molecule has 0 spiro atoms. The van der Waals surface area contributed by atoms with Gasteiger partial charge in [-0.3, -0.25) is 9.59 Å². The molecule has 0 aliphatic rings. The molecule has 0 aliphatic heterocycles. The SMILES string of the molecule is COCCN(CC(=O)N(C)C)C(=O)c1cccc(N)c1Br. The van der Waals surface area contributed by atoms with Gasteiger partial charge >= 0.3 is 0 Å². The average molecular weight is 358 g/mol. The summed E-state index contributed by atoms with van der Waals surface area (Å²) in [5.41, 5.74) is 6.70. The number of nitrogens with two attached hydrogens (primary N) is 1. The minimum absolute atomic E-state index is 0.00354. The van der Waals surface area contributed by atoms with Crippen LogP contribution in [0, 0.1) is 0 Å². The minimum Gasteiger partial charge on any atom is -0.398 e. The number of nitrogens with zero attached hydrogens (tertiary/aromatic N) is 2. The molecule has 116 valence electrons. The van der Waals surface area contributed by atoms with Crippen molar-refractivity contribution in [3.8, 4) is 0 Å². The maximum absolute atomic E-state index is 12.6. The second kappa shape index (κ2) is 7.99. The van der Waals surface area contributed by atoms with Crippen LogP contribution in [0.1, 0.15) is 10.4 Å². The van der Waals surface area contributed by atoms with E-state index < -0.39 is 0 Å². The number of nitrogen functional groups attached to an aromatic ring is 1. The Morgan fingerprint density at radius 2 is 2.00 bits per heavy atom. The molecule has 2 N–H and O–H groups in total. The van der Waals surface area contributed by atoms with Crippen LogP contribution in [0.4, 0.5) is 5.69 Å². The van der Waals surface area contributed by atoms with Crippen molar-refractivity contribution in [1.29, 1.82) is 0 Å². The van der Waals surface area contributed by atoms with Crippen LogP contribution in [-0.4, -0.2) is 62.5 Å². The van der Waals surface area contributed by atoms with Crippen molar-refractivity contribution in [2.24, 2.45) is 0 Å². The van der Waals surface area contributed by atoms with Gasteiger partial charge in [-0.2, -0.15) is 0 Å². The number of anilines is 1. The molecule has 0 fully saturated rings. The van der Waals surface area contributed by atoms with E-state index in [2.05, 4.69) is 15.9 Å². The summed E-state index contributed by atoms with van der Waals surface area (Å²) in [7, 11) is 4.85. The molecule has 7 heteroatoms. The molecule has 0 aromatic heterocycles. The Bertz CT molecular complexity index is 520. The zero-order chi connectivity index (χ0) is 16.0. The van der Waals surface area contributed by atoms with E-state index in [-0.39, 0.29) is 18.4 Å². The molecule has 0 saturated heterocycles. The van der Waals surface area contributed by atoms with Gasteiger partial charge < -0.3 is 20.3 Å². The van der Waals surface area contributed by atoms with E-state index in [9.17, 15) is 9.59 Å². The normalized spacial score (nSPS) is 10.3. The van der Waals surface area contributed by atoms with Crippen molar-refractivity contribution in [2.75, 3.05) is 46.6 Å². The summed E-state index contributed by atoms with van der Waals surface area (Å²) >= 11 is 3.31. The molecular weight excluding hydrogens is 338 g/mol. The highest BCUT2D eigenvalue weighted by atomic mass is 79.9. The van der Waals surface area contributed by atoms with Crippen LogP contribution in [0.15, 0.2) is 22.7 Å². The lowest BCUT2D eigenvalue weighted by Crippen LogP contribution is -2.42. The van der Waals surface area contributed by atoms with E-state index in [1.54, 1.807) is 39.4 Å². The molecule has 0 saturated carbocycles. The molecule has 2 amide bonds. The Morgan fingerprint density at radius 3 is 2.57 bits per heavy atom. The van der Waals surface area contributed by atoms with Gasteiger partial charge in [0.05, 0.1) is 16.6 Å². The Balaban J connectivity index is 2.98. The second-order valence-electron chi connectivity index (χ2n) is 4.72. The third-order valence-corrected chi connectivity index (χ3v) is 3.82. The van der Waals surface area contributed by atoms with Crippen molar-refractivity contribution in [1.82, 2.24) is 9.80 Å². The van der Waals surface area contributed by atoms with Gasteiger partial charge in [0, 0.05) is 33.4 Å². The van der Waals surface area contributed by atoms with Crippen molar-refractivity contribution in [3.63, 3.8) is 0 Å². The summed E-state index contributed by atoms with van der Waals surface area (Å²) < 4.78 is 5.54. The van der Waals surface area contributed by atoms with Gasteiger partial charge in [-0.1, -0.05) is 6.07 Å². The number of amides is 2. The quantitative estimate of drug-likeness (QED) is 0.776. The van der Waals surface area contributed by atoms with Crippen LogP contribution in [0.5, 0.6) is 0 Å². The topological polar surface area (TPSA) is 75.9 Å². The number of hydrogen-bond donors (Lipinski definition) is 1. The maximum atomic E-state index is 12.6. The molecule has 0 aliphatic carbocycles. The lowest BCUT2D eigenvalue weighted by molar-refractivity contribution is -0.129. The zero-order valence-corrected chi connectivity index (χ0v) is 14.0. The molecule has 1 aromatic carbocycles. The minimum atomic E-state index is -0.263. The fourth-order valence-electron chi connectivity index (χ4n) is 1.64. The predicted octanol–water partition coefficient (Wildman–Crippen LogP) is 1.21. The van der Waals surface area contributed by atoms with E-state index >= 15 is 0 Å². The first-order valence-corrected chi connectivity index (χ1v) is 7.20. The highest BCUT2D eigenvalue weighted by molar-refractivity contribution is 9.10. The fourth-order valence-corrected chi connectivity index (χ4v) is 2.08. The predicted molar refractivity (Wildman–Crippen MR) is 85.0 cm³/mol. The van der Waals surface area contributed by atoms with Crippen molar-refractivity contribution >= 4 is 33.4 Å². The number of rotatable bonds is 6. The average Bonchev–Trinajstić information content (AvgIpc) is 2.45. The van der Waals surface area contributed by atoms with E-state index in [0.29, 0.717) is 28.9 Å². The van der Waals surface area contributed by atoms with Crippen LogP contribution < -0.4 is 5.73 Å². The number of benzene rings is 1. The third-order valence-electron chi connectivity index (χ3n) is 2.94. The molecular formula is C14H20BrN3O3. The first-order valence-electron chi connectivity index (χ1n) is 6.40. The number of carbonyl (C=O) groups excluding carboxylic acids is 2. The monoisotopic (exact) mass is 357 g/mol. The van der Waals surface area contributed by atoms with Gasteiger partial charge in [0.2, 0.25) is 5.91 Å². The number of hydrogen-bond acceptors (Lipinski definition) is 4. The first-order chi connectivity index (χ1) is 9.88. The van der Waals surface area contributed by atoms with E-state index in [1.165, 1.54) is 9.80 Å². The first kappa shape index (κ1) is 17.5. The Morgan fingerprint density at radius 1 is 1.33 bits per heavy atom. The summed E-state index contributed by atoms with van der Waals surface area (Å²) in [6.07, 6.45) is 0. The largest absolute Gasteiger partial charge is 0.398 e. The summed E-state index contributed by atoms with van der Waals surface area (Å²) in [6, 6.07) is 5.07. The zero-order valence-electron chi connectivity index (χ0n) is 12.4. The van der Waals surface area contributed by atoms with Crippen LogP contribution >= 0.6 is 15.9 Å². The molecule has 0 atom stereocenters. The standard InChI is InChI=1S/C14H20BrN3O3/c1-17(2)12(19)9-18(7-8-21-3)14(20)10-5-4-6-11(16)13(10)15/h4-6H,7-9,16H2,1-3H3. The Hall–Kier alpha value is -1.60. The van der Waals surface area contributed by atoms with Gasteiger partial charge in [-0.05, 0) is 28.1 Å². The number of likely N-dealkylation sites (N-methyl/N-ethyl adjacent to an activating group) is 1. The van der Waals surface area contributed by atoms with E-state index in [1.807, 2.05) is 0 Å². The molecule has 0 heterocycles. The summed E-state index contributed by atoms with van der Waals surface area (Å²) in [5.74, 6) is -0.416. The van der Waals surface area contributed by atoms with Crippen LogP contribution in [0.3, 0.4) is 0 Å². The molecule has 6 nitrogen and oxygen atoms in total. The van der Waals surface area contributed by atoms with Gasteiger partial charge in [-0.15, -0.1) is 0 Å². The summed E-state index contributed by atoms with van der Waals surface area (Å²) in [5, 5.41) is 0. The molecule has 1 aromatic rings. The van der Waals surface area contributed by atoms with Gasteiger partial charge in [0.15, 0.2) is 0 Å². The summed E-state index contributed by atoms with van der Waals surface area (Å²) in [6.45, 7) is 0.680. The van der Waals surface area contributed by atoms with Crippen LogP contribution in [-0.2, 0) is 9.53 Å². The molecule has 0 unspecified atom stereocenters. The van der Waals surface area contributed by atoms with Crippen LogP contribution in [0.25, 0.3) is 0 Å². The number of halogens is 1. The lowest BCUT2D eigenvalue weighted by atomic mass is 10.1. The summed E-state index contributed by atoms with van der Waals surface area (Å²) in [4.78, 5) is 27.4. The lowest BCUT2D eigenvalue weighted by Gasteiger charge is -2.24. The molecule has 21 heavy (non-hydrogen) atoms. The third kappa shape index (κ3) is 4.71. The highest BCUT2D eigenvalue weighted by Gasteiger charge is 2.22. The Labute approximate surface area is 133 Å². The van der Waals surface area contributed by atoms with Gasteiger partial charge in [-0.25, -0.2) is 0 Å². The highest BCUT2D eigenvalue weighted by Crippen LogP contribution is 2.24. The van der Waals surface area contributed by atoms with Gasteiger partial charge in [0.1, 0.15) is 6.54 Å². The second-order valence-corrected chi connectivity index (χ2v) is 5.51. The Kier molecular flexibility index (Phi) is 6.64. The number of methoxy groups -OCH3 is 1. The smallest absolute Gasteiger partial charge is 0.255 e. The number of carbonyl (C=O) groups is 2. The molecule has 0 radical (unpaired) electrons. The van der Waals surface area contributed by atoms with Crippen molar-refractivity contribution in [3.05, 3.63) is 28.2 Å². The van der Waals surface area contributed by atoms with E-state index in [0.717, 1.165) is 0 Å². The van der Waals surface area contributed by atoms with Crippen LogP contribution in [0.2, 0.25) is 0 Å². The fraction of sp³-hybridized carbons (Fsp3) is 0.429. The van der Waals surface area contributed by atoms with E-state index in [4.69, 9.17) is 10.5 Å². The molecule has 0 bridgehead atoms.